The smallest absolute Gasteiger partial charge is 0.260 e. The fourth-order valence-corrected chi connectivity index (χ4v) is 2.54. The van der Waals surface area contributed by atoms with Crippen LogP contribution in [0.15, 0.2) is 43.5 Å². The van der Waals surface area contributed by atoms with E-state index >= 15 is 0 Å². The molecule has 0 bridgehead atoms. The molecule has 1 aromatic carbocycles. The Bertz CT molecular complexity index is 559. The summed E-state index contributed by atoms with van der Waals surface area (Å²) < 4.78 is 6.16. The molecule has 1 aromatic heterocycles. The second kappa shape index (κ2) is 4.73. The molecular weight excluding hydrogens is 288 g/mol. The van der Waals surface area contributed by atoms with Crippen molar-refractivity contribution in [3.8, 4) is 6.07 Å². The predicted octanol–water partition coefficient (Wildman–Crippen LogP) is 3.77. The van der Waals surface area contributed by atoms with Crippen molar-refractivity contribution >= 4 is 27.7 Å². The van der Waals surface area contributed by atoms with Crippen molar-refractivity contribution in [3.63, 3.8) is 0 Å². The van der Waals surface area contributed by atoms with E-state index in [2.05, 4.69) is 27.0 Å². The molecule has 2 rings (SSSR count). The van der Waals surface area contributed by atoms with Crippen molar-refractivity contribution in [2.75, 3.05) is 0 Å². The molecule has 0 radical (unpaired) electrons. The number of nitrogens with zero attached hydrogens (tertiary/aromatic N) is 2. The van der Waals surface area contributed by atoms with Gasteiger partial charge in [-0.3, -0.25) is 0 Å². The summed E-state index contributed by atoms with van der Waals surface area (Å²) in [5, 5.41) is 9.51. The maximum absolute atomic E-state index is 8.96. The average molecular weight is 295 g/mol. The highest BCUT2D eigenvalue weighted by atomic mass is 79.9. The van der Waals surface area contributed by atoms with Gasteiger partial charge in [-0.2, -0.15) is 5.26 Å². The molecule has 1 heterocycles. The van der Waals surface area contributed by atoms with Gasteiger partial charge in [-0.15, -0.1) is 0 Å². The van der Waals surface area contributed by atoms with E-state index in [1.807, 2.05) is 19.1 Å². The fraction of sp³-hybridized carbons (Fsp3) is 0.0909. The minimum Gasteiger partial charge on any atom is -0.439 e. The molecule has 0 spiro atoms. The molecule has 0 atom stereocenters. The highest BCUT2D eigenvalue weighted by Gasteiger charge is 2.08. The number of benzene rings is 1. The maximum atomic E-state index is 8.96. The number of rotatable bonds is 2. The maximum Gasteiger partial charge on any atom is 0.260 e. The van der Waals surface area contributed by atoms with Gasteiger partial charge in [-0.05, 0) is 36.9 Å². The molecule has 16 heavy (non-hydrogen) atoms. The van der Waals surface area contributed by atoms with Gasteiger partial charge in [0, 0.05) is 9.37 Å². The highest BCUT2D eigenvalue weighted by Crippen LogP contribution is 2.31. The Hall–Kier alpha value is -1.25. The van der Waals surface area contributed by atoms with E-state index in [0.717, 1.165) is 15.1 Å². The minimum absolute atomic E-state index is 0.548. The van der Waals surface area contributed by atoms with Crippen LogP contribution in [0.5, 0.6) is 0 Å². The summed E-state index contributed by atoms with van der Waals surface area (Å²) >= 11 is 4.71. The number of oxazole rings is 1. The predicted molar refractivity (Wildman–Crippen MR) is 64.2 cm³/mol. The largest absolute Gasteiger partial charge is 0.439 e. The highest BCUT2D eigenvalue weighted by molar-refractivity contribution is 9.10. The Morgan fingerprint density at radius 1 is 1.50 bits per heavy atom. The van der Waals surface area contributed by atoms with E-state index in [9.17, 15) is 0 Å². The number of aryl methyl sites for hydroxylation is 1. The molecule has 0 aliphatic carbocycles. The SMILES string of the molecule is Cc1coc(Sc2cc(Br)ccc2C#N)n1. The summed E-state index contributed by atoms with van der Waals surface area (Å²) in [7, 11) is 0. The Morgan fingerprint density at radius 3 is 2.94 bits per heavy atom. The van der Waals surface area contributed by atoms with Gasteiger partial charge in [0.05, 0.1) is 11.3 Å². The van der Waals surface area contributed by atoms with E-state index in [0.29, 0.717) is 10.8 Å². The lowest BCUT2D eigenvalue weighted by atomic mass is 10.2. The number of halogens is 1. The Kier molecular flexibility index (Phi) is 3.32. The topological polar surface area (TPSA) is 49.8 Å². The van der Waals surface area contributed by atoms with E-state index in [4.69, 9.17) is 9.68 Å². The van der Waals surface area contributed by atoms with Gasteiger partial charge < -0.3 is 4.42 Å². The van der Waals surface area contributed by atoms with Crippen LogP contribution in [0.4, 0.5) is 0 Å². The van der Waals surface area contributed by atoms with Crippen LogP contribution in [-0.2, 0) is 0 Å². The van der Waals surface area contributed by atoms with Crippen LogP contribution in [0.2, 0.25) is 0 Å². The van der Waals surface area contributed by atoms with E-state index in [1.54, 1.807) is 12.3 Å². The summed E-state index contributed by atoms with van der Waals surface area (Å²) in [5.74, 6) is 0. The van der Waals surface area contributed by atoms with Gasteiger partial charge in [0.2, 0.25) is 0 Å². The summed E-state index contributed by atoms with van der Waals surface area (Å²) in [6.45, 7) is 1.86. The first-order valence-corrected chi connectivity index (χ1v) is 6.09. The van der Waals surface area contributed by atoms with Crippen molar-refractivity contribution < 1.29 is 4.42 Å². The first-order chi connectivity index (χ1) is 7.69. The molecule has 5 heteroatoms. The monoisotopic (exact) mass is 294 g/mol. The number of aromatic nitrogens is 1. The van der Waals surface area contributed by atoms with Gasteiger partial charge in [0.15, 0.2) is 0 Å². The van der Waals surface area contributed by atoms with E-state index < -0.39 is 0 Å². The van der Waals surface area contributed by atoms with Gasteiger partial charge >= 0.3 is 0 Å². The van der Waals surface area contributed by atoms with Crippen molar-refractivity contribution in [3.05, 3.63) is 40.2 Å². The van der Waals surface area contributed by atoms with Crippen LogP contribution in [0, 0.1) is 18.3 Å². The van der Waals surface area contributed by atoms with Crippen molar-refractivity contribution in [2.24, 2.45) is 0 Å². The standard InChI is InChI=1S/C11H7BrN2OS/c1-7-6-15-11(14-7)16-10-4-9(12)3-2-8(10)5-13/h2-4,6H,1H3. The average Bonchev–Trinajstić information content (AvgIpc) is 2.64. The normalized spacial score (nSPS) is 10.1. The molecule has 0 unspecified atom stereocenters. The Labute approximate surface area is 106 Å². The first-order valence-electron chi connectivity index (χ1n) is 4.48. The summed E-state index contributed by atoms with van der Waals surface area (Å²) in [5.41, 5.74) is 1.44. The molecule has 0 fully saturated rings. The van der Waals surface area contributed by atoms with Crippen LogP contribution in [0.3, 0.4) is 0 Å². The number of hydrogen-bond acceptors (Lipinski definition) is 4. The molecule has 0 N–H and O–H groups in total. The fourth-order valence-electron chi connectivity index (χ4n) is 1.15. The number of nitriles is 1. The van der Waals surface area contributed by atoms with Crippen LogP contribution >= 0.6 is 27.7 Å². The molecule has 0 aliphatic rings. The zero-order valence-electron chi connectivity index (χ0n) is 8.40. The van der Waals surface area contributed by atoms with Crippen LogP contribution in [0.25, 0.3) is 0 Å². The minimum atomic E-state index is 0.548. The summed E-state index contributed by atoms with van der Waals surface area (Å²) in [6, 6.07) is 7.62. The lowest BCUT2D eigenvalue weighted by Gasteiger charge is -2.00. The zero-order valence-corrected chi connectivity index (χ0v) is 10.8. The lowest BCUT2D eigenvalue weighted by Crippen LogP contribution is -1.81. The third kappa shape index (κ3) is 2.46. The zero-order chi connectivity index (χ0) is 11.5. The molecule has 80 valence electrons. The number of hydrogen-bond donors (Lipinski definition) is 0. The van der Waals surface area contributed by atoms with Gasteiger partial charge in [-0.1, -0.05) is 15.9 Å². The van der Waals surface area contributed by atoms with Crippen molar-refractivity contribution in [2.45, 2.75) is 17.0 Å². The molecule has 3 nitrogen and oxygen atoms in total. The second-order valence-electron chi connectivity index (χ2n) is 3.11. The van der Waals surface area contributed by atoms with Gasteiger partial charge in [-0.25, -0.2) is 4.98 Å². The summed E-state index contributed by atoms with van der Waals surface area (Å²) in [4.78, 5) is 5.01. The van der Waals surface area contributed by atoms with Crippen LogP contribution in [0.1, 0.15) is 11.3 Å². The Morgan fingerprint density at radius 2 is 2.31 bits per heavy atom. The van der Waals surface area contributed by atoms with E-state index in [-0.39, 0.29) is 0 Å². The van der Waals surface area contributed by atoms with E-state index in [1.165, 1.54) is 11.8 Å². The third-order valence-corrected chi connectivity index (χ3v) is 3.27. The summed E-state index contributed by atoms with van der Waals surface area (Å²) in [6.07, 6.45) is 1.59. The van der Waals surface area contributed by atoms with Crippen molar-refractivity contribution in [1.82, 2.24) is 4.98 Å². The van der Waals surface area contributed by atoms with Crippen LogP contribution < -0.4 is 0 Å². The lowest BCUT2D eigenvalue weighted by molar-refractivity contribution is 0.454. The molecule has 0 saturated heterocycles. The van der Waals surface area contributed by atoms with Gasteiger partial charge in [0.25, 0.3) is 5.22 Å². The first kappa shape index (κ1) is 11.2. The Balaban J connectivity index is 2.34. The quantitative estimate of drug-likeness (QED) is 0.846. The van der Waals surface area contributed by atoms with Gasteiger partial charge in [0.1, 0.15) is 12.3 Å². The molecule has 0 amide bonds. The molecule has 0 saturated carbocycles. The third-order valence-electron chi connectivity index (χ3n) is 1.86. The molecule has 2 aromatic rings. The second-order valence-corrected chi connectivity index (χ2v) is 5.02. The molecular formula is C11H7BrN2OS. The van der Waals surface area contributed by atoms with Crippen molar-refractivity contribution in [1.29, 1.82) is 5.26 Å². The molecule has 0 aliphatic heterocycles. The van der Waals surface area contributed by atoms with Crippen LogP contribution in [-0.4, -0.2) is 4.98 Å².